The maximum absolute atomic E-state index is 12.1. The third-order valence-electron chi connectivity index (χ3n) is 3.14. The average molecular weight is 277 g/mol. The summed E-state index contributed by atoms with van der Waals surface area (Å²) in [5.74, 6) is -2.65. The van der Waals surface area contributed by atoms with Crippen molar-refractivity contribution >= 4 is 17.6 Å². The van der Waals surface area contributed by atoms with Crippen LogP contribution in [0.1, 0.15) is 39.7 Å². The normalized spacial score (nSPS) is 12.8. The van der Waals surface area contributed by atoms with E-state index < -0.39 is 23.2 Å². The Labute approximate surface area is 120 Å². The van der Waals surface area contributed by atoms with Gasteiger partial charge >= 0.3 is 5.97 Å². The van der Waals surface area contributed by atoms with Crippen molar-refractivity contribution < 1.29 is 14.7 Å². The minimum atomic E-state index is -1.10. The highest BCUT2D eigenvalue weighted by molar-refractivity contribution is 6.04. The second kappa shape index (κ2) is 6.55. The van der Waals surface area contributed by atoms with Gasteiger partial charge in [0.1, 0.15) is 5.92 Å². The number of carboxylic acids is 1. The molecule has 1 unspecified atom stereocenters. The Bertz CT molecular complexity index is 471. The summed E-state index contributed by atoms with van der Waals surface area (Å²) in [5.41, 5.74) is 1.21. The van der Waals surface area contributed by atoms with Gasteiger partial charge in [-0.15, -0.1) is 0 Å². The molecule has 0 bridgehead atoms. The molecule has 1 amide bonds. The van der Waals surface area contributed by atoms with Gasteiger partial charge in [-0.2, -0.15) is 0 Å². The van der Waals surface area contributed by atoms with Crippen molar-refractivity contribution in [2.45, 2.75) is 40.5 Å². The van der Waals surface area contributed by atoms with Crippen molar-refractivity contribution in [1.82, 2.24) is 0 Å². The molecule has 1 aromatic rings. The Morgan fingerprint density at radius 1 is 1.20 bits per heavy atom. The molecule has 0 aromatic heterocycles. The van der Waals surface area contributed by atoms with E-state index in [1.807, 2.05) is 24.3 Å². The lowest BCUT2D eigenvalue weighted by atomic mass is 9.80. The molecule has 0 aliphatic rings. The molecule has 0 heterocycles. The molecule has 4 nitrogen and oxygen atoms in total. The maximum atomic E-state index is 12.1. The Kier molecular flexibility index (Phi) is 5.31. The molecule has 20 heavy (non-hydrogen) atoms. The molecule has 110 valence electrons. The number of hydrogen-bond donors (Lipinski definition) is 2. The molecule has 0 saturated carbocycles. The standard InChI is InChI=1S/C16H23NO3/c1-5-6-11-7-9-12(10-8-11)17-14(18)13(15(19)20)16(2,3)4/h7-10,13H,5-6H2,1-4H3,(H,17,18)(H,19,20). The van der Waals surface area contributed by atoms with Crippen molar-refractivity contribution in [1.29, 1.82) is 0 Å². The number of carbonyl (C=O) groups is 2. The van der Waals surface area contributed by atoms with Crippen LogP contribution in [0.3, 0.4) is 0 Å². The van der Waals surface area contributed by atoms with Crippen LogP contribution in [0.5, 0.6) is 0 Å². The minimum Gasteiger partial charge on any atom is -0.481 e. The summed E-state index contributed by atoms with van der Waals surface area (Å²) in [6, 6.07) is 7.52. The molecule has 0 aliphatic heterocycles. The van der Waals surface area contributed by atoms with Gasteiger partial charge in [-0.3, -0.25) is 9.59 Å². The van der Waals surface area contributed by atoms with E-state index in [9.17, 15) is 14.7 Å². The number of hydrogen-bond acceptors (Lipinski definition) is 2. The van der Waals surface area contributed by atoms with Crippen molar-refractivity contribution in [3.05, 3.63) is 29.8 Å². The molecule has 0 fully saturated rings. The third-order valence-corrected chi connectivity index (χ3v) is 3.14. The summed E-state index contributed by atoms with van der Waals surface area (Å²) in [6.45, 7) is 7.34. The Balaban J connectivity index is 2.81. The largest absolute Gasteiger partial charge is 0.481 e. The van der Waals surface area contributed by atoms with E-state index in [0.29, 0.717) is 5.69 Å². The third kappa shape index (κ3) is 4.37. The number of rotatable bonds is 5. The summed E-state index contributed by atoms with van der Waals surface area (Å²) in [6.07, 6.45) is 2.06. The number of nitrogens with one attached hydrogen (secondary N) is 1. The van der Waals surface area contributed by atoms with Crippen LogP contribution >= 0.6 is 0 Å². The van der Waals surface area contributed by atoms with Crippen LogP contribution < -0.4 is 5.32 Å². The lowest BCUT2D eigenvalue weighted by molar-refractivity contribution is -0.149. The maximum Gasteiger partial charge on any atom is 0.316 e. The highest BCUT2D eigenvalue weighted by atomic mass is 16.4. The summed E-state index contributed by atoms with van der Waals surface area (Å²) >= 11 is 0. The number of amides is 1. The number of anilines is 1. The fourth-order valence-corrected chi connectivity index (χ4v) is 2.13. The van der Waals surface area contributed by atoms with Gasteiger partial charge in [0.25, 0.3) is 0 Å². The summed E-state index contributed by atoms with van der Waals surface area (Å²) < 4.78 is 0. The molecule has 0 aliphatic carbocycles. The fraction of sp³-hybridized carbons (Fsp3) is 0.500. The van der Waals surface area contributed by atoms with Crippen molar-refractivity contribution in [3.8, 4) is 0 Å². The van der Waals surface area contributed by atoms with Crippen LogP contribution in [-0.2, 0) is 16.0 Å². The van der Waals surface area contributed by atoms with E-state index in [-0.39, 0.29) is 0 Å². The van der Waals surface area contributed by atoms with Gasteiger partial charge in [0.15, 0.2) is 0 Å². The predicted octanol–water partition coefficient (Wildman–Crippen LogP) is 3.32. The molecule has 1 aromatic carbocycles. The number of aryl methyl sites for hydroxylation is 1. The SMILES string of the molecule is CCCc1ccc(NC(=O)C(C(=O)O)C(C)(C)C)cc1. The second-order valence-corrected chi connectivity index (χ2v) is 6.07. The van der Waals surface area contributed by atoms with E-state index in [1.54, 1.807) is 20.8 Å². The lowest BCUT2D eigenvalue weighted by Crippen LogP contribution is -2.39. The lowest BCUT2D eigenvalue weighted by Gasteiger charge is -2.25. The van der Waals surface area contributed by atoms with E-state index in [0.717, 1.165) is 12.8 Å². The molecule has 2 N–H and O–H groups in total. The smallest absolute Gasteiger partial charge is 0.316 e. The van der Waals surface area contributed by atoms with Crippen molar-refractivity contribution in [3.63, 3.8) is 0 Å². The number of aliphatic carboxylic acids is 1. The molecular weight excluding hydrogens is 254 g/mol. The van der Waals surface area contributed by atoms with E-state index in [1.165, 1.54) is 5.56 Å². The van der Waals surface area contributed by atoms with Crippen molar-refractivity contribution in [2.75, 3.05) is 5.32 Å². The monoisotopic (exact) mass is 277 g/mol. The Morgan fingerprint density at radius 3 is 2.15 bits per heavy atom. The topological polar surface area (TPSA) is 66.4 Å². The zero-order chi connectivity index (χ0) is 15.3. The van der Waals surface area contributed by atoms with Gasteiger partial charge in [0, 0.05) is 5.69 Å². The van der Waals surface area contributed by atoms with E-state index in [4.69, 9.17) is 0 Å². The zero-order valence-electron chi connectivity index (χ0n) is 12.6. The van der Waals surface area contributed by atoms with Gasteiger partial charge in [-0.1, -0.05) is 46.2 Å². The first kappa shape index (κ1) is 16.2. The highest BCUT2D eigenvalue weighted by Gasteiger charge is 2.37. The van der Waals surface area contributed by atoms with Gasteiger partial charge in [0.05, 0.1) is 0 Å². The molecule has 1 atom stereocenters. The van der Waals surface area contributed by atoms with E-state index >= 15 is 0 Å². The van der Waals surface area contributed by atoms with Gasteiger partial charge in [-0.05, 0) is 29.5 Å². The highest BCUT2D eigenvalue weighted by Crippen LogP contribution is 2.27. The quantitative estimate of drug-likeness (QED) is 0.811. The minimum absolute atomic E-state index is 0.478. The molecule has 1 rings (SSSR count). The second-order valence-electron chi connectivity index (χ2n) is 6.07. The molecule has 0 spiro atoms. The number of carbonyl (C=O) groups excluding carboxylic acids is 1. The number of carboxylic acid groups (broad SMARTS) is 1. The predicted molar refractivity (Wildman–Crippen MR) is 79.6 cm³/mol. The van der Waals surface area contributed by atoms with Crippen molar-refractivity contribution in [2.24, 2.45) is 11.3 Å². The van der Waals surface area contributed by atoms with Crippen LogP contribution in [0.15, 0.2) is 24.3 Å². The molecule has 4 heteroatoms. The fourth-order valence-electron chi connectivity index (χ4n) is 2.13. The molecular formula is C16H23NO3. The Morgan fingerprint density at radius 2 is 1.75 bits per heavy atom. The summed E-state index contributed by atoms with van der Waals surface area (Å²) in [4.78, 5) is 23.4. The Hall–Kier alpha value is -1.84. The summed E-state index contributed by atoms with van der Waals surface area (Å²) in [7, 11) is 0. The van der Waals surface area contributed by atoms with Crippen LogP contribution in [0.2, 0.25) is 0 Å². The van der Waals surface area contributed by atoms with E-state index in [2.05, 4.69) is 12.2 Å². The van der Waals surface area contributed by atoms with Gasteiger partial charge in [0.2, 0.25) is 5.91 Å². The summed E-state index contributed by atoms with van der Waals surface area (Å²) in [5, 5.41) is 11.9. The van der Waals surface area contributed by atoms with Gasteiger partial charge in [-0.25, -0.2) is 0 Å². The first-order chi connectivity index (χ1) is 9.25. The average Bonchev–Trinajstić information content (AvgIpc) is 2.29. The number of benzene rings is 1. The molecule has 0 saturated heterocycles. The van der Waals surface area contributed by atoms with Crippen LogP contribution in [0, 0.1) is 11.3 Å². The molecule has 0 radical (unpaired) electrons. The first-order valence-corrected chi connectivity index (χ1v) is 6.88. The first-order valence-electron chi connectivity index (χ1n) is 6.88. The van der Waals surface area contributed by atoms with Crippen LogP contribution in [0.25, 0.3) is 0 Å². The van der Waals surface area contributed by atoms with Gasteiger partial charge < -0.3 is 10.4 Å². The van der Waals surface area contributed by atoms with Crippen LogP contribution in [0.4, 0.5) is 5.69 Å². The zero-order valence-corrected chi connectivity index (χ0v) is 12.6. The van der Waals surface area contributed by atoms with Crippen LogP contribution in [-0.4, -0.2) is 17.0 Å².